The van der Waals surface area contributed by atoms with Crippen LogP contribution in [0, 0.1) is 5.92 Å². The predicted molar refractivity (Wildman–Crippen MR) is 95.2 cm³/mol. The highest BCUT2D eigenvalue weighted by Gasteiger charge is 2.47. The maximum Gasteiger partial charge on any atom is 0.323 e. The van der Waals surface area contributed by atoms with Gasteiger partial charge in [0.1, 0.15) is 9.02 Å². The van der Waals surface area contributed by atoms with E-state index < -0.39 is 0 Å². The zero-order valence-electron chi connectivity index (χ0n) is 11.7. The van der Waals surface area contributed by atoms with E-state index in [1.54, 1.807) is 0 Å². The molecule has 2 fully saturated rings. The van der Waals surface area contributed by atoms with Gasteiger partial charge < -0.3 is 4.74 Å². The number of hydrogen-bond donors (Lipinski definition) is 0. The minimum absolute atomic E-state index is 0.00923. The van der Waals surface area contributed by atoms with Gasteiger partial charge in [-0.05, 0) is 51.4 Å². The molecule has 0 heterocycles. The van der Waals surface area contributed by atoms with Gasteiger partial charge >= 0.3 is 5.97 Å². The van der Waals surface area contributed by atoms with Gasteiger partial charge in [-0.25, -0.2) is 0 Å². The third-order valence-electron chi connectivity index (χ3n) is 4.77. The Bertz CT molecular complexity index is 316. The summed E-state index contributed by atoms with van der Waals surface area (Å²) >= 11 is 4.53. The third kappa shape index (κ3) is 3.77. The van der Waals surface area contributed by atoms with E-state index in [1.165, 1.54) is 44.9 Å². The second-order valence-corrected chi connectivity index (χ2v) is 9.47. The highest BCUT2D eigenvalue weighted by atomic mass is 127. The molecule has 1 atom stereocenters. The summed E-state index contributed by atoms with van der Waals surface area (Å²) in [6.45, 7) is 1.99. The van der Waals surface area contributed by atoms with Crippen LogP contribution in [0.25, 0.3) is 0 Å². The van der Waals surface area contributed by atoms with Crippen molar-refractivity contribution < 1.29 is 9.53 Å². The van der Waals surface area contributed by atoms with Crippen molar-refractivity contribution in [3.63, 3.8) is 0 Å². The summed E-state index contributed by atoms with van der Waals surface area (Å²) in [5, 5.41) is 0. The molecule has 0 aromatic heterocycles. The number of carbonyl (C=O) groups is 1. The smallest absolute Gasteiger partial charge is 0.323 e. The fraction of sp³-hybridized carbons (Fsp3) is 0.933. The molecule has 2 aliphatic rings. The molecule has 0 radical (unpaired) electrons. The maximum atomic E-state index is 12.5. The number of rotatable bonds is 4. The molecule has 0 aromatic carbocycles. The van der Waals surface area contributed by atoms with Crippen molar-refractivity contribution in [2.24, 2.45) is 5.92 Å². The minimum Gasteiger partial charge on any atom is -0.458 e. The van der Waals surface area contributed by atoms with E-state index in [1.807, 2.05) is 6.92 Å². The van der Waals surface area contributed by atoms with Crippen LogP contribution < -0.4 is 0 Å². The van der Waals surface area contributed by atoms with Gasteiger partial charge in [0.15, 0.2) is 0 Å². The van der Waals surface area contributed by atoms with E-state index >= 15 is 0 Å². The van der Waals surface area contributed by atoms with Crippen molar-refractivity contribution in [1.82, 2.24) is 0 Å². The zero-order chi connectivity index (χ0) is 13.9. The molecular formula is C15H24I2O2. The van der Waals surface area contributed by atoms with Crippen LogP contribution >= 0.6 is 45.2 Å². The molecule has 19 heavy (non-hydrogen) atoms. The van der Waals surface area contributed by atoms with Crippen LogP contribution in [0.5, 0.6) is 0 Å². The molecule has 110 valence electrons. The zero-order valence-corrected chi connectivity index (χ0v) is 16.0. The van der Waals surface area contributed by atoms with E-state index in [0.29, 0.717) is 5.92 Å². The molecule has 0 aliphatic heterocycles. The maximum absolute atomic E-state index is 12.5. The first-order valence-electron chi connectivity index (χ1n) is 7.48. The Labute approximate surface area is 144 Å². The Morgan fingerprint density at radius 3 is 2.32 bits per heavy atom. The topological polar surface area (TPSA) is 26.3 Å². The van der Waals surface area contributed by atoms with Crippen molar-refractivity contribution in [3.05, 3.63) is 0 Å². The lowest BCUT2D eigenvalue weighted by Crippen LogP contribution is -2.45. The summed E-state index contributed by atoms with van der Waals surface area (Å²) in [5.74, 6) is 0.629. The van der Waals surface area contributed by atoms with Crippen molar-refractivity contribution in [2.45, 2.75) is 73.7 Å². The Kier molecular flexibility index (Phi) is 5.83. The molecule has 0 spiro atoms. The lowest BCUT2D eigenvalue weighted by Gasteiger charge is -2.40. The molecule has 0 N–H and O–H groups in total. The fourth-order valence-corrected chi connectivity index (χ4v) is 3.96. The Morgan fingerprint density at radius 2 is 1.79 bits per heavy atom. The SMILES string of the molecule is CC(I)(CI)C(=O)OC1(C2CCCCC2)CCCC1. The lowest BCUT2D eigenvalue weighted by atomic mass is 9.75. The van der Waals surface area contributed by atoms with E-state index in [2.05, 4.69) is 45.2 Å². The monoisotopic (exact) mass is 490 g/mol. The van der Waals surface area contributed by atoms with Gasteiger partial charge in [-0.3, -0.25) is 4.79 Å². The van der Waals surface area contributed by atoms with Crippen LogP contribution in [0.2, 0.25) is 0 Å². The number of alkyl halides is 2. The van der Waals surface area contributed by atoms with Gasteiger partial charge in [-0.1, -0.05) is 64.4 Å². The average molecular weight is 490 g/mol. The molecule has 2 rings (SSSR count). The Morgan fingerprint density at radius 1 is 1.21 bits per heavy atom. The summed E-state index contributed by atoms with van der Waals surface area (Å²) in [4.78, 5) is 12.5. The van der Waals surface area contributed by atoms with Crippen LogP contribution in [0.4, 0.5) is 0 Å². The molecule has 0 bridgehead atoms. The second kappa shape index (κ2) is 6.79. The second-order valence-electron chi connectivity index (χ2n) is 6.33. The van der Waals surface area contributed by atoms with Crippen molar-refractivity contribution >= 4 is 51.2 Å². The van der Waals surface area contributed by atoms with Crippen molar-refractivity contribution in [3.8, 4) is 0 Å². The molecule has 4 heteroatoms. The summed E-state index contributed by atoms with van der Waals surface area (Å²) in [5.41, 5.74) is -0.115. The van der Waals surface area contributed by atoms with Crippen molar-refractivity contribution in [1.29, 1.82) is 0 Å². The van der Waals surface area contributed by atoms with Crippen LogP contribution in [-0.2, 0) is 9.53 Å². The molecule has 0 saturated heterocycles. The van der Waals surface area contributed by atoms with Crippen LogP contribution in [0.15, 0.2) is 0 Å². The Balaban J connectivity index is 2.09. The van der Waals surface area contributed by atoms with Crippen LogP contribution in [-0.4, -0.2) is 19.4 Å². The van der Waals surface area contributed by atoms with Crippen molar-refractivity contribution in [2.75, 3.05) is 4.43 Å². The summed E-state index contributed by atoms with van der Waals surface area (Å²) in [7, 11) is 0. The number of hydrogen-bond acceptors (Lipinski definition) is 2. The number of ether oxygens (including phenoxy) is 1. The Hall–Kier alpha value is 0.930. The van der Waals surface area contributed by atoms with Gasteiger partial charge in [0.2, 0.25) is 0 Å². The molecular weight excluding hydrogens is 466 g/mol. The van der Waals surface area contributed by atoms with Gasteiger partial charge in [0.05, 0.1) is 0 Å². The average Bonchev–Trinajstić information content (AvgIpc) is 2.89. The van der Waals surface area contributed by atoms with Gasteiger partial charge in [0.25, 0.3) is 0 Å². The lowest BCUT2D eigenvalue weighted by molar-refractivity contribution is -0.168. The highest BCUT2D eigenvalue weighted by Crippen LogP contribution is 2.46. The predicted octanol–water partition coefficient (Wildman–Crippen LogP) is 5.05. The first-order valence-corrected chi connectivity index (χ1v) is 10.1. The number of halogens is 2. The van der Waals surface area contributed by atoms with E-state index in [9.17, 15) is 4.79 Å². The quantitative estimate of drug-likeness (QED) is 0.314. The van der Waals surface area contributed by atoms with E-state index in [4.69, 9.17) is 4.74 Å². The van der Waals surface area contributed by atoms with Gasteiger partial charge in [-0.2, -0.15) is 0 Å². The number of esters is 1. The molecule has 0 amide bonds. The molecule has 2 nitrogen and oxygen atoms in total. The molecule has 2 aliphatic carbocycles. The summed E-state index contributed by atoms with van der Waals surface area (Å²) in [6, 6.07) is 0. The number of carbonyl (C=O) groups excluding carboxylic acids is 1. The van der Waals surface area contributed by atoms with Gasteiger partial charge in [0, 0.05) is 4.43 Å². The largest absolute Gasteiger partial charge is 0.458 e. The molecule has 1 unspecified atom stereocenters. The fourth-order valence-electron chi connectivity index (χ4n) is 3.54. The summed E-state index contributed by atoms with van der Waals surface area (Å²) in [6.07, 6.45) is 11.2. The van der Waals surface area contributed by atoms with Crippen LogP contribution in [0.3, 0.4) is 0 Å². The molecule has 0 aromatic rings. The van der Waals surface area contributed by atoms with E-state index in [0.717, 1.165) is 17.3 Å². The van der Waals surface area contributed by atoms with Crippen LogP contribution in [0.1, 0.15) is 64.7 Å². The normalized spacial score (nSPS) is 26.9. The van der Waals surface area contributed by atoms with E-state index in [-0.39, 0.29) is 15.0 Å². The minimum atomic E-state index is -0.372. The first-order chi connectivity index (χ1) is 9.00. The summed E-state index contributed by atoms with van der Waals surface area (Å²) < 4.78 is 6.58. The molecule has 2 saturated carbocycles. The standard InChI is InChI=1S/C15H24I2O2/c1-14(17,11-16)13(18)19-15(9-5-6-10-15)12-7-3-2-4-8-12/h12H,2-11H2,1H3. The van der Waals surface area contributed by atoms with Gasteiger partial charge in [-0.15, -0.1) is 0 Å². The third-order valence-corrected chi connectivity index (χ3v) is 8.58. The first kappa shape index (κ1) is 16.3. The highest BCUT2D eigenvalue weighted by molar-refractivity contribution is 14.1.